The molecule has 1 aromatic heterocycles. The van der Waals surface area contributed by atoms with E-state index in [1.807, 2.05) is 32.0 Å². The van der Waals surface area contributed by atoms with Gasteiger partial charge in [-0.3, -0.25) is 4.79 Å². The fraction of sp³-hybridized carbons (Fsp3) is 0.345. The first kappa shape index (κ1) is 22.0. The normalized spacial score (nSPS) is 24.9. The highest BCUT2D eigenvalue weighted by Crippen LogP contribution is 2.55. The molecule has 2 aromatic carbocycles. The van der Waals surface area contributed by atoms with E-state index in [2.05, 4.69) is 29.4 Å². The molecule has 2 aliphatic heterocycles. The van der Waals surface area contributed by atoms with Crippen LogP contribution in [0.1, 0.15) is 51.3 Å². The molecule has 0 saturated carbocycles. The predicted molar refractivity (Wildman–Crippen MR) is 130 cm³/mol. The number of hydrogen-bond acceptors (Lipinski definition) is 6. The second-order valence-corrected chi connectivity index (χ2v) is 9.89. The van der Waals surface area contributed by atoms with Crippen LogP contribution < -0.4 is 0 Å². The van der Waals surface area contributed by atoms with Crippen LogP contribution in [-0.2, 0) is 14.3 Å². The molecule has 6 nitrogen and oxygen atoms in total. The van der Waals surface area contributed by atoms with Crippen molar-refractivity contribution in [1.29, 1.82) is 0 Å². The van der Waals surface area contributed by atoms with Crippen molar-refractivity contribution in [2.45, 2.75) is 52.7 Å². The Morgan fingerprint density at radius 2 is 1.60 bits per heavy atom. The molecule has 0 radical (unpaired) electrons. The molecule has 2 fully saturated rings. The van der Waals surface area contributed by atoms with Crippen molar-refractivity contribution >= 4 is 17.3 Å². The number of benzene rings is 2. The smallest absolute Gasteiger partial charge is 0.348 e. The number of Topliss-reactive ketones (excluding diaryl/α,β-unsaturated/α-hetero) is 1. The maximum Gasteiger partial charge on any atom is 0.348 e. The summed E-state index contributed by atoms with van der Waals surface area (Å²) in [6.07, 6.45) is 1.50. The predicted octanol–water partition coefficient (Wildman–Crippen LogP) is 5.52. The van der Waals surface area contributed by atoms with Gasteiger partial charge in [0.05, 0.1) is 35.3 Å². The van der Waals surface area contributed by atoms with E-state index in [-0.39, 0.29) is 29.8 Å². The zero-order chi connectivity index (χ0) is 24.4. The Balaban J connectivity index is 1.49. The van der Waals surface area contributed by atoms with Gasteiger partial charge < -0.3 is 14.0 Å². The summed E-state index contributed by atoms with van der Waals surface area (Å²) in [5.74, 6) is -0.226. The lowest BCUT2D eigenvalue weighted by atomic mass is 9.80. The van der Waals surface area contributed by atoms with Crippen LogP contribution in [-0.4, -0.2) is 29.1 Å². The zero-order valence-corrected chi connectivity index (χ0v) is 20.3. The van der Waals surface area contributed by atoms with Crippen LogP contribution in [0.4, 0.5) is 0 Å². The van der Waals surface area contributed by atoms with E-state index < -0.39 is 5.97 Å². The molecule has 0 N–H and O–H groups in total. The van der Waals surface area contributed by atoms with Crippen molar-refractivity contribution < 1.29 is 23.6 Å². The number of carbonyl (C=O) groups is 2. The van der Waals surface area contributed by atoms with Gasteiger partial charge in [-0.2, -0.15) is 0 Å². The summed E-state index contributed by atoms with van der Waals surface area (Å²) in [4.78, 5) is 27.2. The van der Waals surface area contributed by atoms with E-state index in [9.17, 15) is 9.59 Å². The van der Waals surface area contributed by atoms with Crippen LogP contribution in [0, 0.1) is 39.5 Å². The van der Waals surface area contributed by atoms with Crippen LogP contribution in [0.25, 0.3) is 16.7 Å². The number of aromatic nitrogens is 1. The quantitative estimate of drug-likeness (QED) is 0.468. The SMILES string of the molecule is Cc1cc(-c2ccccc2)cc(C)c1C1=C(OC(=O)c2c(C)noc2C)[C@@H]2C3CCC(O3)[C@@H]2C1=O. The Kier molecular flexibility index (Phi) is 5.04. The lowest BCUT2D eigenvalue weighted by molar-refractivity contribution is -0.118. The number of ketones is 1. The number of fused-ring (bicyclic) bond motifs is 5. The van der Waals surface area contributed by atoms with Crippen molar-refractivity contribution in [2.24, 2.45) is 11.8 Å². The molecule has 6 rings (SSSR count). The number of nitrogens with zero attached hydrogens (tertiary/aromatic N) is 1. The maximum absolute atomic E-state index is 13.9. The van der Waals surface area contributed by atoms with Gasteiger partial charge in [-0.15, -0.1) is 0 Å². The first-order chi connectivity index (χ1) is 16.8. The molecular formula is C29H27NO5. The molecule has 0 amide bonds. The van der Waals surface area contributed by atoms with E-state index in [4.69, 9.17) is 14.0 Å². The summed E-state index contributed by atoms with van der Waals surface area (Å²) < 4.78 is 17.4. The van der Waals surface area contributed by atoms with Crippen molar-refractivity contribution in [3.05, 3.63) is 81.9 Å². The Morgan fingerprint density at radius 1 is 0.943 bits per heavy atom. The standard InChI is InChI=1S/C29H27NO5/c1-14-12-19(18-8-6-5-7-9-18)13-15(2)22(14)26-27(31)24-20-10-11-21(33-20)25(24)28(26)34-29(32)23-16(3)30-35-17(23)4/h5-9,12-13,20-21,24-25H,10-11H2,1-4H3/t20?,21?,24-,25+/m0/s1. The number of carbonyl (C=O) groups excluding carboxylic acids is 2. The fourth-order valence-electron chi connectivity index (χ4n) is 6.24. The number of esters is 1. The molecule has 178 valence electrons. The van der Waals surface area contributed by atoms with Gasteiger partial charge in [0, 0.05) is 0 Å². The van der Waals surface area contributed by atoms with Gasteiger partial charge in [-0.05, 0) is 68.4 Å². The van der Waals surface area contributed by atoms with E-state index in [0.29, 0.717) is 28.3 Å². The monoisotopic (exact) mass is 469 g/mol. The highest BCUT2D eigenvalue weighted by molar-refractivity contribution is 6.26. The molecule has 35 heavy (non-hydrogen) atoms. The maximum atomic E-state index is 13.9. The summed E-state index contributed by atoms with van der Waals surface area (Å²) in [6.45, 7) is 7.43. The molecule has 1 aliphatic carbocycles. The van der Waals surface area contributed by atoms with E-state index >= 15 is 0 Å². The van der Waals surface area contributed by atoms with Crippen molar-refractivity contribution in [2.75, 3.05) is 0 Å². The van der Waals surface area contributed by atoms with E-state index in [1.54, 1.807) is 13.8 Å². The van der Waals surface area contributed by atoms with Gasteiger partial charge in [0.2, 0.25) is 0 Å². The van der Waals surface area contributed by atoms with Crippen LogP contribution in [0.3, 0.4) is 0 Å². The second-order valence-electron chi connectivity index (χ2n) is 9.89. The van der Waals surface area contributed by atoms with Crippen LogP contribution >= 0.6 is 0 Å². The summed E-state index contributed by atoms with van der Waals surface area (Å²) in [5.41, 5.74) is 6.32. The fourth-order valence-corrected chi connectivity index (χ4v) is 6.24. The third kappa shape index (κ3) is 3.31. The molecule has 3 aliphatic rings. The molecular weight excluding hydrogens is 442 g/mol. The van der Waals surface area contributed by atoms with Crippen molar-refractivity contribution in [3.8, 4) is 11.1 Å². The summed E-state index contributed by atoms with van der Waals surface area (Å²) in [6, 6.07) is 14.4. The lowest BCUT2D eigenvalue weighted by Crippen LogP contribution is -2.30. The van der Waals surface area contributed by atoms with Gasteiger partial charge in [-0.25, -0.2) is 4.79 Å². The van der Waals surface area contributed by atoms with Gasteiger partial charge in [0.25, 0.3) is 0 Å². The minimum atomic E-state index is -0.541. The summed E-state index contributed by atoms with van der Waals surface area (Å²) >= 11 is 0. The number of rotatable bonds is 4. The molecule has 2 bridgehead atoms. The molecule has 4 atom stereocenters. The minimum Gasteiger partial charge on any atom is -0.426 e. The third-order valence-corrected chi connectivity index (χ3v) is 7.70. The minimum absolute atomic E-state index is 0.0161. The molecule has 3 aromatic rings. The largest absolute Gasteiger partial charge is 0.426 e. The van der Waals surface area contributed by atoms with Crippen molar-refractivity contribution in [1.82, 2.24) is 5.16 Å². The van der Waals surface area contributed by atoms with E-state index in [0.717, 1.165) is 40.7 Å². The summed E-state index contributed by atoms with van der Waals surface area (Å²) in [7, 11) is 0. The lowest BCUT2D eigenvalue weighted by Gasteiger charge is -2.21. The number of aryl methyl sites for hydroxylation is 4. The van der Waals surface area contributed by atoms with Gasteiger partial charge in [-0.1, -0.05) is 47.6 Å². The van der Waals surface area contributed by atoms with Crippen LogP contribution in [0.5, 0.6) is 0 Å². The van der Waals surface area contributed by atoms with E-state index in [1.165, 1.54) is 0 Å². The highest BCUT2D eigenvalue weighted by Gasteiger charge is 2.60. The Morgan fingerprint density at radius 3 is 2.23 bits per heavy atom. The van der Waals surface area contributed by atoms with Crippen molar-refractivity contribution in [3.63, 3.8) is 0 Å². The first-order valence-electron chi connectivity index (χ1n) is 12.1. The average Bonchev–Trinajstić information content (AvgIpc) is 3.59. The molecule has 3 heterocycles. The average molecular weight is 470 g/mol. The second kappa shape index (κ2) is 8.02. The number of ether oxygens (including phenoxy) is 2. The number of allylic oxidation sites excluding steroid dienone is 1. The zero-order valence-electron chi connectivity index (χ0n) is 20.3. The first-order valence-corrected chi connectivity index (χ1v) is 12.1. The highest BCUT2D eigenvalue weighted by atomic mass is 16.6. The molecule has 6 heteroatoms. The topological polar surface area (TPSA) is 78.6 Å². The van der Waals surface area contributed by atoms with Gasteiger partial charge in [0.1, 0.15) is 17.1 Å². The van der Waals surface area contributed by atoms with Crippen LogP contribution in [0.15, 0.2) is 52.7 Å². The molecule has 0 spiro atoms. The summed E-state index contributed by atoms with van der Waals surface area (Å²) in [5, 5.41) is 3.89. The van der Waals surface area contributed by atoms with Gasteiger partial charge >= 0.3 is 5.97 Å². The Bertz CT molecular complexity index is 1360. The van der Waals surface area contributed by atoms with Crippen LogP contribution in [0.2, 0.25) is 0 Å². The Hall–Kier alpha value is -3.51. The molecule has 2 unspecified atom stereocenters. The number of hydrogen-bond donors (Lipinski definition) is 0. The molecule has 2 saturated heterocycles. The Labute approximate surface area is 203 Å². The van der Waals surface area contributed by atoms with Gasteiger partial charge in [0.15, 0.2) is 5.78 Å². The third-order valence-electron chi connectivity index (χ3n) is 7.70.